The number of carbonyl (C=O) groups excluding carboxylic acids is 3. The molecule has 1 atom stereocenters. The van der Waals surface area contributed by atoms with E-state index in [2.05, 4.69) is 5.32 Å². The molecule has 1 saturated heterocycles. The highest BCUT2D eigenvalue weighted by molar-refractivity contribution is 6.09. The van der Waals surface area contributed by atoms with Crippen LogP contribution in [0.3, 0.4) is 0 Å². The summed E-state index contributed by atoms with van der Waals surface area (Å²) in [6.07, 6.45) is 0. The quantitative estimate of drug-likeness (QED) is 0.731. The minimum absolute atomic E-state index is 0.241. The van der Waals surface area contributed by atoms with Crippen molar-refractivity contribution in [3.63, 3.8) is 0 Å². The Morgan fingerprint density at radius 2 is 1.68 bits per heavy atom. The molecule has 1 aliphatic rings. The van der Waals surface area contributed by atoms with Crippen LogP contribution < -0.4 is 5.32 Å². The number of rotatable bonds is 7. The molecule has 0 aromatic heterocycles. The molecule has 7 nitrogen and oxygen atoms in total. The zero-order valence-corrected chi connectivity index (χ0v) is 17.2. The third-order valence-electron chi connectivity index (χ3n) is 4.68. The van der Waals surface area contributed by atoms with Crippen LogP contribution in [-0.4, -0.2) is 47.3 Å². The zero-order chi connectivity index (χ0) is 21.1. The molecule has 1 fully saturated rings. The maximum atomic E-state index is 13.0. The molecule has 150 valence electrons. The summed E-state index contributed by atoms with van der Waals surface area (Å²) in [6, 6.07) is 7.92. The highest BCUT2D eigenvalue weighted by Gasteiger charge is 2.49. The van der Waals surface area contributed by atoms with Gasteiger partial charge in [0.15, 0.2) is 0 Å². The largest absolute Gasteiger partial charge is 0.341 e. The number of imide groups is 1. The first kappa shape index (κ1) is 21.4. The van der Waals surface area contributed by atoms with Gasteiger partial charge in [0.25, 0.3) is 5.91 Å². The fourth-order valence-electron chi connectivity index (χ4n) is 3.31. The Labute approximate surface area is 166 Å². The van der Waals surface area contributed by atoms with E-state index in [-0.39, 0.29) is 24.3 Å². The molecular formula is C21H28N4O3. The summed E-state index contributed by atoms with van der Waals surface area (Å²) < 4.78 is 0. The Bertz CT molecular complexity index is 785. The van der Waals surface area contributed by atoms with Crippen LogP contribution in [0.5, 0.6) is 0 Å². The minimum Gasteiger partial charge on any atom is -0.341 e. The van der Waals surface area contributed by atoms with Crippen molar-refractivity contribution in [2.45, 2.75) is 40.2 Å². The number of carbonyl (C=O) groups is 3. The van der Waals surface area contributed by atoms with Gasteiger partial charge in [-0.2, -0.15) is 5.26 Å². The lowest BCUT2D eigenvalue weighted by Crippen LogP contribution is -2.46. The van der Waals surface area contributed by atoms with Gasteiger partial charge in [-0.25, -0.2) is 4.79 Å². The molecule has 0 bridgehead atoms. The molecule has 1 heterocycles. The number of nitriles is 1. The van der Waals surface area contributed by atoms with E-state index in [9.17, 15) is 14.4 Å². The van der Waals surface area contributed by atoms with Crippen LogP contribution in [0.1, 0.15) is 45.7 Å². The third kappa shape index (κ3) is 4.50. The van der Waals surface area contributed by atoms with Crippen LogP contribution in [0, 0.1) is 23.2 Å². The lowest BCUT2D eigenvalue weighted by molar-refractivity contribution is -0.139. The van der Waals surface area contributed by atoms with Crippen LogP contribution >= 0.6 is 0 Å². The van der Waals surface area contributed by atoms with Gasteiger partial charge in [0.1, 0.15) is 12.1 Å². The molecule has 0 saturated carbocycles. The molecule has 1 aromatic carbocycles. The predicted octanol–water partition coefficient (Wildman–Crippen LogP) is 2.47. The van der Waals surface area contributed by atoms with E-state index in [1.165, 1.54) is 0 Å². The third-order valence-corrected chi connectivity index (χ3v) is 4.68. The van der Waals surface area contributed by atoms with Gasteiger partial charge in [0.05, 0.1) is 11.6 Å². The molecule has 1 aliphatic heterocycles. The first-order valence-electron chi connectivity index (χ1n) is 9.51. The second-order valence-corrected chi connectivity index (χ2v) is 8.22. The van der Waals surface area contributed by atoms with Gasteiger partial charge in [-0.05, 0) is 36.5 Å². The van der Waals surface area contributed by atoms with Crippen molar-refractivity contribution in [3.05, 3.63) is 35.4 Å². The molecular weight excluding hydrogens is 356 g/mol. The molecule has 0 spiro atoms. The summed E-state index contributed by atoms with van der Waals surface area (Å²) >= 11 is 0. The van der Waals surface area contributed by atoms with Gasteiger partial charge in [-0.15, -0.1) is 0 Å². The number of hydrogen-bond donors (Lipinski definition) is 1. The number of nitrogens with one attached hydrogen (secondary N) is 1. The number of hydrogen-bond acceptors (Lipinski definition) is 4. The Balaban J connectivity index is 2.20. The SMILES string of the molecule is CC(C)CN(CC(C)C)C(=O)CN1C(=O)NC(C)(c2ccc(C#N)cc2)C1=O. The van der Waals surface area contributed by atoms with E-state index < -0.39 is 17.5 Å². The average molecular weight is 384 g/mol. The summed E-state index contributed by atoms with van der Waals surface area (Å²) in [5.74, 6) is -0.135. The zero-order valence-electron chi connectivity index (χ0n) is 17.2. The molecule has 0 radical (unpaired) electrons. The van der Waals surface area contributed by atoms with Crippen LogP contribution in [0.4, 0.5) is 4.79 Å². The lowest BCUT2D eigenvalue weighted by Gasteiger charge is -2.28. The minimum atomic E-state index is -1.26. The molecule has 28 heavy (non-hydrogen) atoms. The molecule has 2 rings (SSSR count). The van der Waals surface area contributed by atoms with Gasteiger partial charge in [-0.1, -0.05) is 39.8 Å². The van der Waals surface area contributed by atoms with Gasteiger partial charge in [0, 0.05) is 13.1 Å². The van der Waals surface area contributed by atoms with E-state index in [1.54, 1.807) is 36.1 Å². The Morgan fingerprint density at radius 1 is 1.14 bits per heavy atom. The van der Waals surface area contributed by atoms with Crippen LogP contribution in [0.2, 0.25) is 0 Å². The van der Waals surface area contributed by atoms with Crippen molar-refractivity contribution in [2.75, 3.05) is 19.6 Å². The van der Waals surface area contributed by atoms with Gasteiger partial charge >= 0.3 is 6.03 Å². The standard InChI is InChI=1S/C21H28N4O3/c1-14(2)11-24(12-15(3)4)18(26)13-25-19(27)21(5,23-20(25)28)17-8-6-16(10-22)7-9-17/h6-9,14-15H,11-13H2,1-5H3,(H,23,28). The fourth-order valence-corrected chi connectivity index (χ4v) is 3.31. The van der Waals surface area contributed by atoms with Crippen LogP contribution in [-0.2, 0) is 15.1 Å². The summed E-state index contributed by atoms with van der Waals surface area (Å²) in [7, 11) is 0. The first-order valence-corrected chi connectivity index (χ1v) is 9.51. The Kier molecular flexibility index (Phi) is 6.45. The monoisotopic (exact) mass is 384 g/mol. The van der Waals surface area contributed by atoms with Gasteiger partial charge < -0.3 is 10.2 Å². The molecule has 0 aliphatic carbocycles. The Morgan fingerprint density at radius 3 is 2.14 bits per heavy atom. The maximum Gasteiger partial charge on any atom is 0.325 e. The van der Waals surface area contributed by atoms with Gasteiger partial charge in [0.2, 0.25) is 5.91 Å². The lowest BCUT2D eigenvalue weighted by atomic mass is 9.91. The van der Waals surface area contributed by atoms with E-state index in [0.717, 1.165) is 4.90 Å². The summed E-state index contributed by atoms with van der Waals surface area (Å²) in [4.78, 5) is 41.0. The molecule has 1 aromatic rings. The van der Waals surface area contributed by atoms with E-state index in [0.29, 0.717) is 24.2 Å². The van der Waals surface area contributed by atoms with Crippen molar-refractivity contribution >= 4 is 17.8 Å². The van der Waals surface area contributed by atoms with Crippen molar-refractivity contribution in [3.8, 4) is 6.07 Å². The summed E-state index contributed by atoms with van der Waals surface area (Å²) in [5.41, 5.74) is -0.220. The second kappa shape index (κ2) is 8.42. The number of nitrogens with zero attached hydrogens (tertiary/aromatic N) is 3. The summed E-state index contributed by atoms with van der Waals surface area (Å²) in [5, 5.41) is 11.6. The number of urea groups is 1. The van der Waals surface area contributed by atoms with Crippen molar-refractivity contribution < 1.29 is 14.4 Å². The van der Waals surface area contributed by atoms with Gasteiger partial charge in [-0.3, -0.25) is 14.5 Å². The smallest absolute Gasteiger partial charge is 0.325 e. The Hall–Kier alpha value is -2.88. The highest BCUT2D eigenvalue weighted by Crippen LogP contribution is 2.29. The highest BCUT2D eigenvalue weighted by atomic mass is 16.2. The van der Waals surface area contributed by atoms with Crippen molar-refractivity contribution in [1.29, 1.82) is 5.26 Å². The molecule has 4 amide bonds. The van der Waals surface area contributed by atoms with Crippen molar-refractivity contribution in [1.82, 2.24) is 15.1 Å². The second-order valence-electron chi connectivity index (χ2n) is 8.22. The maximum absolute atomic E-state index is 13.0. The van der Waals surface area contributed by atoms with Crippen LogP contribution in [0.15, 0.2) is 24.3 Å². The van der Waals surface area contributed by atoms with Crippen molar-refractivity contribution in [2.24, 2.45) is 11.8 Å². The summed E-state index contributed by atoms with van der Waals surface area (Å²) in [6.45, 7) is 10.6. The topological polar surface area (TPSA) is 93.5 Å². The van der Waals surface area contributed by atoms with Crippen LogP contribution in [0.25, 0.3) is 0 Å². The van der Waals surface area contributed by atoms with E-state index in [4.69, 9.17) is 5.26 Å². The average Bonchev–Trinajstić information content (AvgIpc) is 2.84. The van der Waals surface area contributed by atoms with E-state index >= 15 is 0 Å². The van der Waals surface area contributed by atoms with E-state index in [1.807, 2.05) is 33.8 Å². The fraction of sp³-hybridized carbons (Fsp3) is 0.524. The molecule has 1 N–H and O–H groups in total. The molecule has 7 heteroatoms. The molecule has 1 unspecified atom stereocenters. The normalized spacial score (nSPS) is 19.1. The number of amides is 4. The first-order chi connectivity index (χ1) is 13.1. The predicted molar refractivity (Wildman–Crippen MR) is 105 cm³/mol. The number of benzene rings is 1.